The fourth-order valence-electron chi connectivity index (χ4n) is 3.51. The van der Waals surface area contributed by atoms with Gasteiger partial charge in [-0.1, -0.05) is 56.5 Å². The van der Waals surface area contributed by atoms with Crippen molar-refractivity contribution in [1.29, 1.82) is 0 Å². The van der Waals surface area contributed by atoms with Crippen LogP contribution in [0.1, 0.15) is 57.4 Å². The average molecular weight is 317 g/mol. The molecule has 1 atom stereocenters. The molecule has 0 spiro atoms. The smallest absolute Gasteiger partial charge is 0.315 e. The third kappa shape index (κ3) is 4.34. The van der Waals surface area contributed by atoms with Gasteiger partial charge in [0.25, 0.3) is 0 Å². The van der Waals surface area contributed by atoms with E-state index in [0.717, 1.165) is 18.4 Å². The molecule has 4 heteroatoms. The highest BCUT2D eigenvalue weighted by Gasteiger charge is 2.39. The lowest BCUT2D eigenvalue weighted by molar-refractivity contribution is -0.144. The number of carbonyl (C=O) groups is 2. The Morgan fingerprint density at radius 3 is 2.39 bits per heavy atom. The van der Waals surface area contributed by atoms with E-state index in [2.05, 4.69) is 5.32 Å². The number of hydrogen-bond acceptors (Lipinski definition) is 2. The van der Waals surface area contributed by atoms with Gasteiger partial charge in [0.05, 0.1) is 0 Å². The number of nitrogens with one attached hydrogen (secondary N) is 1. The molecule has 1 fully saturated rings. The van der Waals surface area contributed by atoms with Crippen LogP contribution in [0.25, 0.3) is 0 Å². The molecule has 1 aliphatic rings. The van der Waals surface area contributed by atoms with Crippen molar-refractivity contribution in [2.24, 2.45) is 5.92 Å². The quantitative estimate of drug-likeness (QED) is 0.809. The monoisotopic (exact) mass is 317 g/mol. The predicted octanol–water partition coefficient (Wildman–Crippen LogP) is 3.51. The van der Waals surface area contributed by atoms with Gasteiger partial charge in [0, 0.05) is 13.0 Å². The Morgan fingerprint density at radius 1 is 1.17 bits per heavy atom. The minimum absolute atomic E-state index is 0.0214. The summed E-state index contributed by atoms with van der Waals surface area (Å²) in [5.74, 6) is -0.447. The molecule has 1 unspecified atom stereocenters. The van der Waals surface area contributed by atoms with Gasteiger partial charge in [-0.25, -0.2) is 0 Å². The summed E-state index contributed by atoms with van der Waals surface area (Å²) >= 11 is 0. The third-order valence-electron chi connectivity index (χ3n) is 5.13. The summed E-state index contributed by atoms with van der Waals surface area (Å²) in [6.45, 7) is 2.00. The summed E-state index contributed by atoms with van der Waals surface area (Å²) in [6.07, 6.45) is 6.87. The fourth-order valence-corrected chi connectivity index (χ4v) is 3.51. The number of aliphatic carboxylic acids is 1. The summed E-state index contributed by atoms with van der Waals surface area (Å²) in [7, 11) is 0. The first-order chi connectivity index (χ1) is 11.1. The second-order valence-corrected chi connectivity index (χ2v) is 6.59. The highest BCUT2D eigenvalue weighted by Crippen LogP contribution is 2.29. The van der Waals surface area contributed by atoms with E-state index in [1.807, 2.05) is 37.3 Å². The molecule has 0 aromatic heterocycles. The molecular formula is C19H27NO3. The molecule has 23 heavy (non-hydrogen) atoms. The standard InChI is InChI=1S/C19H27NO3/c1-2-19(18(22)23,16-11-7-4-8-12-16)14-20-17(21)13-15-9-5-3-6-10-15/h4,7-8,11-12,15H,2-3,5-6,9-10,13-14H2,1H3,(H,20,21)(H,22,23). The zero-order valence-electron chi connectivity index (χ0n) is 13.9. The van der Waals surface area contributed by atoms with Gasteiger partial charge in [-0.2, -0.15) is 0 Å². The maximum absolute atomic E-state index is 12.2. The van der Waals surface area contributed by atoms with Crippen LogP contribution in [0.15, 0.2) is 30.3 Å². The van der Waals surface area contributed by atoms with Gasteiger partial charge < -0.3 is 10.4 Å². The minimum atomic E-state index is -1.05. The van der Waals surface area contributed by atoms with E-state index in [0.29, 0.717) is 18.8 Å². The van der Waals surface area contributed by atoms with E-state index >= 15 is 0 Å². The van der Waals surface area contributed by atoms with Crippen LogP contribution in [0.5, 0.6) is 0 Å². The first-order valence-electron chi connectivity index (χ1n) is 8.64. The Kier molecular flexibility index (Phi) is 6.20. The zero-order chi connectivity index (χ0) is 16.7. The second kappa shape index (κ2) is 8.14. The first kappa shape index (κ1) is 17.5. The van der Waals surface area contributed by atoms with Crippen LogP contribution >= 0.6 is 0 Å². The highest BCUT2D eigenvalue weighted by atomic mass is 16.4. The van der Waals surface area contributed by atoms with Crippen molar-refractivity contribution in [3.05, 3.63) is 35.9 Å². The maximum Gasteiger partial charge on any atom is 0.315 e. The molecule has 0 heterocycles. The molecule has 0 saturated heterocycles. The van der Waals surface area contributed by atoms with Crippen LogP contribution in [0.3, 0.4) is 0 Å². The number of hydrogen-bond donors (Lipinski definition) is 2. The van der Waals surface area contributed by atoms with Crippen LogP contribution in [0.2, 0.25) is 0 Å². The number of benzene rings is 1. The van der Waals surface area contributed by atoms with E-state index in [-0.39, 0.29) is 12.5 Å². The molecule has 0 bridgehead atoms. The summed E-state index contributed by atoms with van der Waals surface area (Å²) in [5, 5.41) is 12.6. The SMILES string of the molecule is CCC(CNC(=O)CC1CCCCC1)(C(=O)O)c1ccccc1. The van der Waals surface area contributed by atoms with Crippen molar-refractivity contribution in [2.75, 3.05) is 6.54 Å². The van der Waals surface area contributed by atoms with E-state index in [4.69, 9.17) is 0 Å². The summed E-state index contributed by atoms with van der Waals surface area (Å²) in [5.41, 5.74) is -0.309. The third-order valence-corrected chi connectivity index (χ3v) is 5.13. The van der Waals surface area contributed by atoms with Crippen molar-refractivity contribution in [1.82, 2.24) is 5.32 Å². The summed E-state index contributed by atoms with van der Waals surface area (Å²) in [4.78, 5) is 24.1. The van der Waals surface area contributed by atoms with Gasteiger partial charge in [-0.05, 0) is 30.7 Å². The molecule has 1 aromatic carbocycles. The molecule has 1 aliphatic carbocycles. The lowest BCUT2D eigenvalue weighted by atomic mass is 9.78. The largest absolute Gasteiger partial charge is 0.481 e. The molecule has 126 valence electrons. The normalized spacial score (nSPS) is 18.1. The van der Waals surface area contributed by atoms with E-state index in [1.54, 1.807) is 0 Å². The van der Waals surface area contributed by atoms with Crippen LogP contribution in [-0.4, -0.2) is 23.5 Å². The Hall–Kier alpha value is -1.84. The van der Waals surface area contributed by atoms with Crippen LogP contribution in [0.4, 0.5) is 0 Å². The van der Waals surface area contributed by atoms with Crippen molar-refractivity contribution in [3.63, 3.8) is 0 Å². The Labute approximate surface area is 138 Å². The molecule has 0 radical (unpaired) electrons. The van der Waals surface area contributed by atoms with Crippen LogP contribution < -0.4 is 5.32 Å². The van der Waals surface area contributed by atoms with Crippen molar-refractivity contribution < 1.29 is 14.7 Å². The van der Waals surface area contributed by atoms with E-state index in [9.17, 15) is 14.7 Å². The lowest BCUT2D eigenvalue weighted by Crippen LogP contribution is -2.46. The van der Waals surface area contributed by atoms with Gasteiger partial charge in [-0.15, -0.1) is 0 Å². The Morgan fingerprint density at radius 2 is 1.83 bits per heavy atom. The van der Waals surface area contributed by atoms with E-state index < -0.39 is 11.4 Å². The number of carbonyl (C=O) groups excluding carboxylic acids is 1. The number of carboxylic acids is 1. The molecule has 2 rings (SSSR count). The van der Waals surface area contributed by atoms with Gasteiger partial charge >= 0.3 is 5.97 Å². The van der Waals surface area contributed by atoms with E-state index in [1.165, 1.54) is 19.3 Å². The van der Waals surface area contributed by atoms with Crippen LogP contribution in [-0.2, 0) is 15.0 Å². The topological polar surface area (TPSA) is 66.4 Å². The van der Waals surface area contributed by atoms with Crippen molar-refractivity contribution in [3.8, 4) is 0 Å². The minimum Gasteiger partial charge on any atom is -0.481 e. The Bertz CT molecular complexity index is 523. The number of carboxylic acid groups (broad SMARTS) is 1. The first-order valence-corrected chi connectivity index (χ1v) is 8.64. The lowest BCUT2D eigenvalue weighted by Gasteiger charge is -2.29. The number of rotatable bonds is 7. The highest BCUT2D eigenvalue weighted by molar-refractivity contribution is 5.83. The molecule has 0 aliphatic heterocycles. The summed E-state index contributed by atoms with van der Waals surface area (Å²) in [6, 6.07) is 9.20. The molecule has 1 amide bonds. The molecular weight excluding hydrogens is 290 g/mol. The van der Waals surface area contributed by atoms with Crippen LogP contribution in [0, 0.1) is 5.92 Å². The van der Waals surface area contributed by atoms with Gasteiger partial charge in [0.1, 0.15) is 5.41 Å². The average Bonchev–Trinajstić information content (AvgIpc) is 2.57. The predicted molar refractivity (Wildman–Crippen MR) is 90.2 cm³/mol. The number of amides is 1. The second-order valence-electron chi connectivity index (χ2n) is 6.59. The van der Waals surface area contributed by atoms with Gasteiger partial charge in [0.2, 0.25) is 5.91 Å². The molecule has 1 saturated carbocycles. The summed E-state index contributed by atoms with van der Waals surface area (Å²) < 4.78 is 0. The molecule has 2 N–H and O–H groups in total. The maximum atomic E-state index is 12.2. The fraction of sp³-hybridized carbons (Fsp3) is 0.579. The van der Waals surface area contributed by atoms with Gasteiger partial charge in [-0.3, -0.25) is 9.59 Å². The van der Waals surface area contributed by atoms with Crippen molar-refractivity contribution >= 4 is 11.9 Å². The zero-order valence-corrected chi connectivity index (χ0v) is 13.9. The van der Waals surface area contributed by atoms with Crippen molar-refractivity contribution in [2.45, 2.75) is 57.3 Å². The molecule has 4 nitrogen and oxygen atoms in total. The molecule has 1 aromatic rings. The Balaban J connectivity index is 2.01. The van der Waals surface area contributed by atoms with Gasteiger partial charge in [0.15, 0.2) is 0 Å².